The summed E-state index contributed by atoms with van der Waals surface area (Å²) >= 11 is 0. The van der Waals surface area contributed by atoms with Crippen molar-refractivity contribution >= 4 is 11.9 Å². The Hall–Kier alpha value is -2.15. The lowest BCUT2D eigenvalue weighted by Gasteiger charge is -2.21. The summed E-state index contributed by atoms with van der Waals surface area (Å²) in [5.74, 6) is -1.09. The van der Waals surface area contributed by atoms with Gasteiger partial charge in [0.2, 0.25) is 0 Å². The molecule has 2 N–H and O–H groups in total. The van der Waals surface area contributed by atoms with E-state index in [-0.39, 0.29) is 18.2 Å². The molecule has 0 spiro atoms. The van der Waals surface area contributed by atoms with E-state index in [1.165, 1.54) is 18.5 Å². The SMILES string of the molecule is O=C(O)CN1CCCN(C(=O)c2cncc(O)c2)CC1. The number of hydrogen-bond donors (Lipinski definition) is 2. The molecule has 0 aliphatic carbocycles. The molecule has 1 aromatic heterocycles. The predicted octanol–water partition coefficient (Wildman–Crippen LogP) is 0.0197. The highest BCUT2D eigenvalue weighted by atomic mass is 16.4. The number of aliphatic carboxylic acids is 1. The molecule has 1 amide bonds. The Bertz CT molecular complexity index is 506. The number of carbonyl (C=O) groups is 2. The van der Waals surface area contributed by atoms with Crippen LogP contribution in [0.2, 0.25) is 0 Å². The molecule has 2 heterocycles. The molecule has 0 bridgehead atoms. The number of aromatic hydroxyl groups is 1. The smallest absolute Gasteiger partial charge is 0.317 e. The lowest BCUT2D eigenvalue weighted by atomic mass is 10.2. The number of pyridine rings is 1. The quantitative estimate of drug-likeness (QED) is 0.810. The van der Waals surface area contributed by atoms with E-state index in [4.69, 9.17) is 5.11 Å². The van der Waals surface area contributed by atoms with Crippen molar-refractivity contribution in [1.82, 2.24) is 14.8 Å². The molecule has 1 aliphatic heterocycles. The topological polar surface area (TPSA) is 94.0 Å². The molecule has 108 valence electrons. The van der Waals surface area contributed by atoms with Crippen LogP contribution in [0.3, 0.4) is 0 Å². The highest BCUT2D eigenvalue weighted by molar-refractivity contribution is 5.94. The summed E-state index contributed by atoms with van der Waals surface area (Å²) in [6, 6.07) is 1.38. The zero-order valence-corrected chi connectivity index (χ0v) is 11.0. The third kappa shape index (κ3) is 3.67. The molecule has 0 aromatic carbocycles. The van der Waals surface area contributed by atoms with E-state index in [0.29, 0.717) is 31.7 Å². The number of carbonyl (C=O) groups excluding carboxylic acids is 1. The van der Waals surface area contributed by atoms with Gasteiger partial charge < -0.3 is 15.1 Å². The first-order valence-electron chi connectivity index (χ1n) is 6.43. The summed E-state index contributed by atoms with van der Waals surface area (Å²) in [6.07, 6.45) is 3.42. The monoisotopic (exact) mass is 279 g/mol. The van der Waals surface area contributed by atoms with Crippen molar-refractivity contribution in [2.45, 2.75) is 6.42 Å². The molecular formula is C13H17N3O4. The fourth-order valence-electron chi connectivity index (χ4n) is 2.25. The van der Waals surface area contributed by atoms with Gasteiger partial charge in [-0.1, -0.05) is 0 Å². The van der Waals surface area contributed by atoms with E-state index >= 15 is 0 Å². The fourth-order valence-corrected chi connectivity index (χ4v) is 2.25. The molecule has 0 atom stereocenters. The highest BCUT2D eigenvalue weighted by Crippen LogP contribution is 2.13. The van der Waals surface area contributed by atoms with Crippen molar-refractivity contribution in [1.29, 1.82) is 0 Å². The number of amides is 1. The van der Waals surface area contributed by atoms with Crippen molar-refractivity contribution in [3.05, 3.63) is 24.0 Å². The number of hydrogen-bond acceptors (Lipinski definition) is 5. The standard InChI is InChI=1S/C13H17N3O4/c17-11-6-10(7-14-8-11)13(20)16-3-1-2-15(4-5-16)9-12(18)19/h6-8,17H,1-5,9H2,(H,18,19). The van der Waals surface area contributed by atoms with Crippen molar-refractivity contribution in [3.8, 4) is 5.75 Å². The Labute approximate surface area is 116 Å². The maximum atomic E-state index is 12.3. The summed E-state index contributed by atoms with van der Waals surface area (Å²) in [5, 5.41) is 18.1. The average molecular weight is 279 g/mol. The second-order valence-electron chi connectivity index (χ2n) is 4.75. The molecule has 1 saturated heterocycles. The van der Waals surface area contributed by atoms with Gasteiger partial charge >= 0.3 is 5.97 Å². The molecule has 0 saturated carbocycles. The van der Waals surface area contributed by atoms with Crippen LogP contribution in [0.25, 0.3) is 0 Å². The summed E-state index contributed by atoms with van der Waals surface area (Å²) < 4.78 is 0. The van der Waals surface area contributed by atoms with Crippen molar-refractivity contribution in [2.75, 3.05) is 32.7 Å². The van der Waals surface area contributed by atoms with Crippen LogP contribution in [0, 0.1) is 0 Å². The number of carboxylic acid groups (broad SMARTS) is 1. The minimum absolute atomic E-state index is 0.00425. The third-order valence-electron chi connectivity index (χ3n) is 3.21. The molecule has 20 heavy (non-hydrogen) atoms. The van der Waals surface area contributed by atoms with E-state index in [0.717, 1.165) is 6.42 Å². The van der Waals surface area contributed by atoms with Gasteiger partial charge in [0.25, 0.3) is 5.91 Å². The Morgan fingerprint density at radius 2 is 2.00 bits per heavy atom. The van der Waals surface area contributed by atoms with Gasteiger partial charge in [0.05, 0.1) is 18.3 Å². The highest BCUT2D eigenvalue weighted by Gasteiger charge is 2.21. The van der Waals surface area contributed by atoms with Gasteiger partial charge in [0.15, 0.2) is 0 Å². The van der Waals surface area contributed by atoms with Gasteiger partial charge in [0.1, 0.15) is 5.75 Å². The minimum Gasteiger partial charge on any atom is -0.506 e. The number of carboxylic acids is 1. The largest absolute Gasteiger partial charge is 0.506 e. The van der Waals surface area contributed by atoms with E-state index < -0.39 is 5.97 Å². The van der Waals surface area contributed by atoms with E-state index in [2.05, 4.69) is 4.98 Å². The zero-order valence-electron chi connectivity index (χ0n) is 11.0. The first-order valence-corrected chi connectivity index (χ1v) is 6.43. The van der Waals surface area contributed by atoms with Crippen LogP contribution in [0.15, 0.2) is 18.5 Å². The first-order chi connectivity index (χ1) is 9.56. The molecule has 1 aromatic rings. The molecule has 2 rings (SSSR count). The van der Waals surface area contributed by atoms with Crippen molar-refractivity contribution in [3.63, 3.8) is 0 Å². The normalized spacial score (nSPS) is 16.7. The van der Waals surface area contributed by atoms with E-state index in [1.807, 2.05) is 4.90 Å². The van der Waals surface area contributed by atoms with Crippen molar-refractivity contribution < 1.29 is 19.8 Å². The average Bonchev–Trinajstić information content (AvgIpc) is 2.63. The summed E-state index contributed by atoms with van der Waals surface area (Å²) in [4.78, 5) is 30.2. The van der Waals surface area contributed by atoms with Gasteiger partial charge in [0, 0.05) is 32.4 Å². The number of aromatic nitrogens is 1. The lowest BCUT2D eigenvalue weighted by Crippen LogP contribution is -2.36. The second kappa shape index (κ2) is 6.33. The molecule has 7 heteroatoms. The van der Waals surface area contributed by atoms with E-state index in [1.54, 1.807) is 4.90 Å². The Kier molecular flexibility index (Phi) is 4.52. The van der Waals surface area contributed by atoms with Gasteiger partial charge in [-0.25, -0.2) is 0 Å². The second-order valence-corrected chi connectivity index (χ2v) is 4.75. The fraction of sp³-hybridized carbons (Fsp3) is 0.462. The molecule has 7 nitrogen and oxygen atoms in total. The molecular weight excluding hydrogens is 262 g/mol. The van der Waals surface area contributed by atoms with Gasteiger partial charge in [-0.05, 0) is 12.5 Å². The van der Waals surface area contributed by atoms with Crippen LogP contribution in [0.5, 0.6) is 5.75 Å². The van der Waals surface area contributed by atoms with Gasteiger partial charge in [-0.15, -0.1) is 0 Å². The number of nitrogens with zero attached hydrogens (tertiary/aromatic N) is 3. The van der Waals surface area contributed by atoms with E-state index in [9.17, 15) is 14.7 Å². The number of rotatable bonds is 3. The Morgan fingerprint density at radius 3 is 2.70 bits per heavy atom. The van der Waals surface area contributed by atoms with Crippen molar-refractivity contribution in [2.24, 2.45) is 0 Å². The van der Waals surface area contributed by atoms with Crippen LogP contribution in [-0.4, -0.2) is 69.6 Å². The molecule has 0 radical (unpaired) electrons. The molecule has 1 fully saturated rings. The first kappa shape index (κ1) is 14.3. The zero-order chi connectivity index (χ0) is 14.5. The Morgan fingerprint density at radius 1 is 1.20 bits per heavy atom. The predicted molar refractivity (Wildman–Crippen MR) is 70.5 cm³/mol. The minimum atomic E-state index is -0.859. The van der Waals surface area contributed by atoms with Crippen LogP contribution >= 0.6 is 0 Å². The maximum absolute atomic E-state index is 12.3. The van der Waals surface area contributed by atoms with Crippen LogP contribution in [-0.2, 0) is 4.79 Å². The third-order valence-corrected chi connectivity index (χ3v) is 3.21. The van der Waals surface area contributed by atoms with Crippen LogP contribution < -0.4 is 0 Å². The van der Waals surface area contributed by atoms with Gasteiger partial charge in [-0.2, -0.15) is 0 Å². The summed E-state index contributed by atoms with van der Waals surface area (Å²) in [5.41, 5.74) is 0.344. The van der Waals surface area contributed by atoms with Crippen LogP contribution in [0.1, 0.15) is 16.8 Å². The molecule has 1 aliphatic rings. The lowest BCUT2D eigenvalue weighted by molar-refractivity contribution is -0.138. The van der Waals surface area contributed by atoms with Gasteiger partial charge in [-0.3, -0.25) is 19.5 Å². The Balaban J connectivity index is 1.99. The maximum Gasteiger partial charge on any atom is 0.317 e. The summed E-state index contributed by atoms with van der Waals surface area (Å²) in [7, 11) is 0. The van der Waals surface area contributed by atoms with Crippen LogP contribution in [0.4, 0.5) is 0 Å². The molecule has 0 unspecified atom stereocenters. The summed E-state index contributed by atoms with van der Waals surface area (Å²) in [6.45, 7) is 2.24.